The minimum Gasteiger partial charge on any atom is -0.464 e. The highest BCUT2D eigenvalue weighted by Gasteiger charge is 2.17. The Balaban J connectivity index is 1.49. The van der Waals surface area contributed by atoms with Crippen LogP contribution in [0, 0.1) is 0 Å². The first-order valence-electron chi connectivity index (χ1n) is 8.82. The SMILES string of the molecule is O=C(CCS(=O)(=O)c1ccccc1)NC[C@H](O)c1ccc(-c2ccco2)cc1. The predicted molar refractivity (Wildman–Crippen MR) is 105 cm³/mol. The van der Waals surface area contributed by atoms with E-state index in [1.807, 2.05) is 18.2 Å². The molecule has 0 saturated carbocycles. The summed E-state index contributed by atoms with van der Waals surface area (Å²) < 4.78 is 29.7. The number of benzene rings is 2. The molecule has 7 heteroatoms. The van der Waals surface area contributed by atoms with Crippen LogP contribution in [-0.4, -0.2) is 31.7 Å². The van der Waals surface area contributed by atoms with Crippen molar-refractivity contribution in [2.24, 2.45) is 0 Å². The molecule has 3 aromatic rings. The summed E-state index contributed by atoms with van der Waals surface area (Å²) in [6, 6.07) is 18.8. The number of hydrogen-bond donors (Lipinski definition) is 2. The maximum absolute atomic E-state index is 12.2. The fourth-order valence-corrected chi connectivity index (χ4v) is 3.96. The molecule has 0 aliphatic heterocycles. The van der Waals surface area contributed by atoms with E-state index in [9.17, 15) is 18.3 Å². The Hall–Kier alpha value is -2.90. The number of rotatable bonds is 8. The van der Waals surface area contributed by atoms with Crippen molar-refractivity contribution in [3.8, 4) is 11.3 Å². The number of aliphatic hydroxyl groups is 1. The molecule has 0 aliphatic carbocycles. The Morgan fingerprint density at radius 2 is 1.71 bits per heavy atom. The van der Waals surface area contributed by atoms with Crippen molar-refractivity contribution in [2.45, 2.75) is 17.4 Å². The molecule has 0 unspecified atom stereocenters. The highest BCUT2D eigenvalue weighted by atomic mass is 32.2. The number of furan rings is 1. The predicted octanol–water partition coefficient (Wildman–Crippen LogP) is 2.96. The first-order chi connectivity index (χ1) is 13.5. The molecule has 1 atom stereocenters. The van der Waals surface area contributed by atoms with Gasteiger partial charge < -0.3 is 14.8 Å². The number of aliphatic hydroxyl groups excluding tert-OH is 1. The lowest BCUT2D eigenvalue weighted by Crippen LogP contribution is -2.29. The number of sulfone groups is 1. The van der Waals surface area contributed by atoms with Crippen LogP contribution in [0.1, 0.15) is 18.1 Å². The van der Waals surface area contributed by atoms with Gasteiger partial charge in [-0.15, -0.1) is 0 Å². The molecule has 6 nitrogen and oxygen atoms in total. The van der Waals surface area contributed by atoms with Gasteiger partial charge >= 0.3 is 0 Å². The van der Waals surface area contributed by atoms with Gasteiger partial charge in [-0.3, -0.25) is 4.79 Å². The maximum Gasteiger partial charge on any atom is 0.221 e. The lowest BCUT2D eigenvalue weighted by atomic mass is 10.1. The highest BCUT2D eigenvalue weighted by molar-refractivity contribution is 7.91. The Bertz CT molecular complexity index is 997. The summed E-state index contributed by atoms with van der Waals surface area (Å²) in [4.78, 5) is 12.2. The van der Waals surface area contributed by atoms with Gasteiger partial charge in [0.25, 0.3) is 0 Å². The minimum absolute atomic E-state index is 0.00428. The summed E-state index contributed by atoms with van der Waals surface area (Å²) in [6.07, 6.45) is 0.535. The fourth-order valence-electron chi connectivity index (χ4n) is 2.70. The van der Waals surface area contributed by atoms with E-state index in [1.165, 1.54) is 12.1 Å². The third-order valence-corrected chi connectivity index (χ3v) is 6.03. The molecular weight excluding hydrogens is 378 g/mol. The molecule has 0 fully saturated rings. The molecule has 1 aromatic heterocycles. The van der Waals surface area contributed by atoms with Crippen LogP contribution >= 0.6 is 0 Å². The number of hydrogen-bond acceptors (Lipinski definition) is 5. The Morgan fingerprint density at radius 3 is 2.36 bits per heavy atom. The van der Waals surface area contributed by atoms with Gasteiger partial charge in [-0.05, 0) is 29.8 Å². The number of nitrogens with one attached hydrogen (secondary N) is 1. The molecule has 0 aliphatic rings. The summed E-state index contributed by atoms with van der Waals surface area (Å²) in [5.74, 6) is 0.0243. The molecule has 2 N–H and O–H groups in total. The van der Waals surface area contributed by atoms with Gasteiger partial charge in [-0.2, -0.15) is 0 Å². The van der Waals surface area contributed by atoms with E-state index in [1.54, 1.807) is 42.7 Å². The van der Waals surface area contributed by atoms with E-state index < -0.39 is 21.8 Å². The smallest absolute Gasteiger partial charge is 0.221 e. The van der Waals surface area contributed by atoms with Crippen molar-refractivity contribution >= 4 is 15.7 Å². The minimum atomic E-state index is -3.50. The molecule has 0 bridgehead atoms. The second-order valence-electron chi connectivity index (χ2n) is 6.30. The molecule has 1 heterocycles. The Kier molecular flexibility index (Phi) is 6.28. The van der Waals surface area contributed by atoms with Crippen LogP contribution in [0.5, 0.6) is 0 Å². The second kappa shape index (κ2) is 8.86. The quantitative estimate of drug-likeness (QED) is 0.607. The molecular formula is C21H21NO5S. The summed E-state index contributed by atoms with van der Waals surface area (Å²) in [5.41, 5.74) is 1.53. The van der Waals surface area contributed by atoms with Crippen LogP contribution in [-0.2, 0) is 14.6 Å². The Labute approximate surface area is 163 Å². The number of carbonyl (C=O) groups is 1. The van der Waals surface area contributed by atoms with E-state index in [-0.39, 0.29) is 23.6 Å². The van der Waals surface area contributed by atoms with Crippen molar-refractivity contribution < 1.29 is 22.7 Å². The third kappa shape index (κ3) is 5.09. The van der Waals surface area contributed by atoms with Crippen LogP contribution in [0.2, 0.25) is 0 Å². The van der Waals surface area contributed by atoms with Crippen LogP contribution in [0.15, 0.2) is 82.3 Å². The highest BCUT2D eigenvalue weighted by Crippen LogP contribution is 2.22. The van der Waals surface area contributed by atoms with Gasteiger partial charge in [0.15, 0.2) is 9.84 Å². The average molecular weight is 399 g/mol. The average Bonchev–Trinajstić information content (AvgIpc) is 3.26. The maximum atomic E-state index is 12.2. The summed E-state index contributed by atoms with van der Waals surface area (Å²) in [7, 11) is -3.50. The van der Waals surface area contributed by atoms with Crippen molar-refractivity contribution in [1.82, 2.24) is 5.32 Å². The number of amides is 1. The van der Waals surface area contributed by atoms with E-state index in [0.717, 1.165) is 11.3 Å². The molecule has 28 heavy (non-hydrogen) atoms. The number of carbonyl (C=O) groups excluding carboxylic acids is 1. The van der Waals surface area contributed by atoms with Gasteiger partial charge in [0.2, 0.25) is 5.91 Å². The van der Waals surface area contributed by atoms with Crippen molar-refractivity contribution in [2.75, 3.05) is 12.3 Å². The first-order valence-corrected chi connectivity index (χ1v) is 10.5. The first kappa shape index (κ1) is 19.9. The van der Waals surface area contributed by atoms with Crippen molar-refractivity contribution in [3.05, 3.63) is 78.6 Å². The Morgan fingerprint density at radius 1 is 1.00 bits per heavy atom. The lowest BCUT2D eigenvalue weighted by Gasteiger charge is -2.13. The van der Waals surface area contributed by atoms with E-state index in [2.05, 4.69) is 5.32 Å². The fraction of sp³-hybridized carbons (Fsp3) is 0.190. The topological polar surface area (TPSA) is 96.6 Å². The zero-order valence-electron chi connectivity index (χ0n) is 15.1. The molecule has 0 saturated heterocycles. The van der Waals surface area contributed by atoms with Crippen LogP contribution < -0.4 is 5.32 Å². The van der Waals surface area contributed by atoms with Gasteiger partial charge in [-0.25, -0.2) is 8.42 Å². The van der Waals surface area contributed by atoms with Crippen LogP contribution in [0.25, 0.3) is 11.3 Å². The second-order valence-corrected chi connectivity index (χ2v) is 8.41. The standard InChI is InChI=1S/C21H21NO5S/c23-19(16-8-10-17(11-9-16)20-7-4-13-27-20)15-22-21(24)12-14-28(25,26)18-5-2-1-3-6-18/h1-11,13,19,23H,12,14-15H2,(H,22,24)/t19-/m0/s1. The molecule has 146 valence electrons. The van der Waals surface area contributed by atoms with Gasteiger partial charge in [0.05, 0.1) is 23.0 Å². The van der Waals surface area contributed by atoms with E-state index >= 15 is 0 Å². The van der Waals surface area contributed by atoms with E-state index in [4.69, 9.17) is 4.42 Å². The van der Waals surface area contributed by atoms with Gasteiger partial charge in [-0.1, -0.05) is 42.5 Å². The molecule has 2 aromatic carbocycles. The summed E-state index contributed by atoms with van der Waals surface area (Å²) in [5, 5.41) is 12.8. The third-order valence-electron chi connectivity index (χ3n) is 4.29. The largest absolute Gasteiger partial charge is 0.464 e. The van der Waals surface area contributed by atoms with Gasteiger partial charge in [0, 0.05) is 18.5 Å². The molecule has 0 spiro atoms. The van der Waals surface area contributed by atoms with Crippen molar-refractivity contribution in [1.29, 1.82) is 0 Å². The lowest BCUT2D eigenvalue weighted by molar-refractivity contribution is -0.121. The van der Waals surface area contributed by atoms with Crippen molar-refractivity contribution in [3.63, 3.8) is 0 Å². The summed E-state index contributed by atoms with van der Waals surface area (Å²) in [6.45, 7) is 0.00428. The molecule has 1 amide bonds. The van der Waals surface area contributed by atoms with Crippen LogP contribution in [0.3, 0.4) is 0 Å². The summed E-state index contributed by atoms with van der Waals surface area (Å²) >= 11 is 0. The monoisotopic (exact) mass is 399 g/mol. The molecule has 0 radical (unpaired) electrons. The molecule has 3 rings (SSSR count). The zero-order valence-corrected chi connectivity index (χ0v) is 15.9. The van der Waals surface area contributed by atoms with E-state index in [0.29, 0.717) is 5.56 Å². The normalized spacial score (nSPS) is 12.5. The van der Waals surface area contributed by atoms with Gasteiger partial charge in [0.1, 0.15) is 5.76 Å². The zero-order chi connectivity index (χ0) is 20.0. The van der Waals surface area contributed by atoms with Crippen LogP contribution in [0.4, 0.5) is 0 Å².